The number of thiophene rings is 1. The Morgan fingerprint density at radius 2 is 1.97 bits per heavy atom. The number of aromatic nitrogens is 3. The third kappa shape index (κ3) is 5.23. The van der Waals surface area contributed by atoms with Crippen LogP contribution < -0.4 is 10.9 Å². The lowest BCUT2D eigenvalue weighted by Gasteiger charge is -2.13. The van der Waals surface area contributed by atoms with Crippen molar-refractivity contribution < 1.29 is 14.3 Å². The zero-order valence-corrected chi connectivity index (χ0v) is 22.1. The molecule has 3 aromatic heterocycles. The van der Waals surface area contributed by atoms with Crippen LogP contribution in [0.2, 0.25) is 0 Å². The van der Waals surface area contributed by atoms with Crippen LogP contribution in [0.1, 0.15) is 35.9 Å². The van der Waals surface area contributed by atoms with Crippen LogP contribution in [-0.4, -0.2) is 38.8 Å². The molecule has 0 atom stereocenters. The number of hydrogen-bond acceptors (Lipinski definition) is 9. The first-order valence-electron chi connectivity index (χ1n) is 11.7. The number of anilines is 1. The summed E-state index contributed by atoms with van der Waals surface area (Å²) in [6.45, 7) is 2.06. The van der Waals surface area contributed by atoms with Crippen molar-refractivity contribution in [1.29, 1.82) is 0 Å². The topological polar surface area (TPSA) is 103 Å². The van der Waals surface area contributed by atoms with Gasteiger partial charge in [-0.25, -0.2) is 9.97 Å². The molecule has 36 heavy (non-hydrogen) atoms. The summed E-state index contributed by atoms with van der Waals surface area (Å²) in [4.78, 5) is 49.2. The molecule has 0 fully saturated rings. The van der Waals surface area contributed by atoms with Crippen molar-refractivity contribution in [1.82, 2.24) is 14.5 Å². The number of esters is 1. The van der Waals surface area contributed by atoms with Gasteiger partial charge in [0.25, 0.3) is 5.56 Å². The lowest BCUT2D eigenvalue weighted by Crippen LogP contribution is -2.23. The van der Waals surface area contributed by atoms with E-state index in [-0.39, 0.29) is 29.6 Å². The van der Waals surface area contributed by atoms with Crippen molar-refractivity contribution in [2.45, 2.75) is 44.2 Å². The van der Waals surface area contributed by atoms with E-state index in [2.05, 4.69) is 10.3 Å². The van der Waals surface area contributed by atoms with Crippen LogP contribution in [-0.2, 0) is 33.6 Å². The largest absolute Gasteiger partial charge is 0.466 e. The molecule has 1 aliphatic rings. The van der Waals surface area contributed by atoms with Crippen LogP contribution in [0.5, 0.6) is 0 Å². The highest BCUT2D eigenvalue weighted by Gasteiger charge is 2.23. The van der Waals surface area contributed by atoms with Crippen LogP contribution >= 0.6 is 34.4 Å². The predicted octanol–water partition coefficient (Wildman–Crippen LogP) is 4.62. The number of benzene rings is 1. The molecule has 0 saturated carbocycles. The molecule has 0 bridgehead atoms. The van der Waals surface area contributed by atoms with E-state index < -0.39 is 0 Å². The predicted molar refractivity (Wildman–Crippen MR) is 144 cm³/mol. The Balaban J connectivity index is 1.38. The Morgan fingerprint density at radius 3 is 2.78 bits per heavy atom. The summed E-state index contributed by atoms with van der Waals surface area (Å²) in [6, 6.07) is 9.41. The summed E-state index contributed by atoms with van der Waals surface area (Å²) < 4.78 is 6.55. The van der Waals surface area contributed by atoms with Gasteiger partial charge in [0, 0.05) is 10.3 Å². The maximum absolute atomic E-state index is 13.7. The Hall–Kier alpha value is -3.02. The first-order chi connectivity index (χ1) is 17.5. The standard InChI is InChI=1S/C25H24N4O4S3/c1-2-33-20(31)12-15-13-34-24(26-15)27-19(30)14-35-25-28-22-21(17-10-6-7-11-18(17)36-22)23(32)29(25)16-8-4-3-5-9-16/h3-5,8-9,13H,2,6-7,10-12,14H2,1H3,(H,26,27,30). The van der Waals surface area contributed by atoms with Gasteiger partial charge in [0.2, 0.25) is 5.91 Å². The Kier molecular flexibility index (Phi) is 7.49. The van der Waals surface area contributed by atoms with E-state index in [1.54, 1.807) is 28.2 Å². The van der Waals surface area contributed by atoms with Crippen molar-refractivity contribution in [2.24, 2.45) is 0 Å². The number of thiazole rings is 1. The van der Waals surface area contributed by atoms with E-state index in [4.69, 9.17) is 9.72 Å². The van der Waals surface area contributed by atoms with Gasteiger partial charge in [-0.2, -0.15) is 0 Å². The third-order valence-electron chi connectivity index (χ3n) is 5.73. The average Bonchev–Trinajstić information content (AvgIpc) is 3.47. The first kappa shape index (κ1) is 24.7. The number of hydrogen-bond donors (Lipinski definition) is 1. The molecule has 0 radical (unpaired) electrons. The van der Waals surface area contributed by atoms with Crippen molar-refractivity contribution >= 4 is 61.7 Å². The summed E-state index contributed by atoms with van der Waals surface area (Å²) in [5, 5.41) is 6.10. The van der Waals surface area contributed by atoms with E-state index >= 15 is 0 Å². The number of aryl methyl sites for hydroxylation is 2. The number of amides is 1. The lowest BCUT2D eigenvalue weighted by molar-refractivity contribution is -0.142. The van der Waals surface area contributed by atoms with Crippen LogP contribution in [0.15, 0.2) is 45.7 Å². The molecule has 5 rings (SSSR count). The number of carbonyl (C=O) groups excluding carboxylic acids is 2. The minimum absolute atomic E-state index is 0.0582. The number of para-hydroxylation sites is 1. The first-order valence-corrected chi connectivity index (χ1v) is 14.4. The molecule has 1 N–H and O–H groups in total. The number of nitrogens with zero attached hydrogens (tertiary/aromatic N) is 3. The Bertz CT molecular complexity index is 1480. The molecule has 4 aromatic rings. The second kappa shape index (κ2) is 10.9. The fourth-order valence-electron chi connectivity index (χ4n) is 4.18. The molecule has 11 heteroatoms. The smallest absolute Gasteiger partial charge is 0.311 e. The monoisotopic (exact) mass is 540 g/mol. The highest BCUT2D eigenvalue weighted by molar-refractivity contribution is 7.99. The van der Waals surface area contributed by atoms with Gasteiger partial charge < -0.3 is 10.1 Å². The molecule has 1 aliphatic carbocycles. The van der Waals surface area contributed by atoms with E-state index in [9.17, 15) is 14.4 Å². The quantitative estimate of drug-likeness (QED) is 0.198. The third-order valence-corrected chi connectivity index (χ3v) is 8.66. The van der Waals surface area contributed by atoms with Gasteiger partial charge >= 0.3 is 5.97 Å². The van der Waals surface area contributed by atoms with Gasteiger partial charge in [-0.15, -0.1) is 22.7 Å². The number of ether oxygens (including phenoxy) is 1. The second-order valence-corrected chi connectivity index (χ2v) is 11.1. The van der Waals surface area contributed by atoms with Gasteiger partial charge in [0.1, 0.15) is 4.83 Å². The Morgan fingerprint density at radius 1 is 1.17 bits per heavy atom. The molecule has 0 spiro atoms. The van der Waals surface area contributed by atoms with E-state index in [0.29, 0.717) is 28.0 Å². The fraction of sp³-hybridized carbons (Fsp3) is 0.320. The molecular weight excluding hydrogens is 517 g/mol. The zero-order chi connectivity index (χ0) is 25.1. The maximum Gasteiger partial charge on any atom is 0.311 e. The summed E-state index contributed by atoms with van der Waals surface area (Å²) >= 11 is 4.06. The van der Waals surface area contributed by atoms with Crippen LogP contribution in [0.4, 0.5) is 5.13 Å². The van der Waals surface area contributed by atoms with Gasteiger partial charge in [-0.05, 0) is 50.3 Å². The number of nitrogens with one attached hydrogen (secondary N) is 1. The molecule has 1 amide bonds. The van der Waals surface area contributed by atoms with Gasteiger partial charge in [-0.3, -0.25) is 19.0 Å². The molecule has 186 valence electrons. The lowest BCUT2D eigenvalue weighted by atomic mass is 9.97. The molecule has 0 aliphatic heterocycles. The SMILES string of the molecule is CCOC(=O)Cc1csc(NC(=O)CSc2nc3sc4c(c3c(=O)n2-c2ccccc2)CCCC4)n1. The maximum atomic E-state index is 13.7. The normalized spacial score (nSPS) is 12.9. The summed E-state index contributed by atoms with van der Waals surface area (Å²) in [5.41, 5.74) is 2.32. The summed E-state index contributed by atoms with van der Waals surface area (Å²) in [6.07, 6.45) is 4.16. The van der Waals surface area contributed by atoms with Crippen LogP contribution in [0.3, 0.4) is 0 Å². The highest BCUT2D eigenvalue weighted by Crippen LogP contribution is 2.35. The number of fused-ring (bicyclic) bond motifs is 3. The zero-order valence-electron chi connectivity index (χ0n) is 19.6. The minimum atomic E-state index is -0.355. The molecule has 0 unspecified atom stereocenters. The Labute approximate surface area is 219 Å². The highest BCUT2D eigenvalue weighted by atomic mass is 32.2. The number of carbonyl (C=O) groups is 2. The fourth-order valence-corrected chi connectivity index (χ4v) is 7.02. The van der Waals surface area contributed by atoms with Crippen LogP contribution in [0.25, 0.3) is 15.9 Å². The molecule has 8 nitrogen and oxygen atoms in total. The van der Waals surface area contributed by atoms with Gasteiger partial charge in [0.05, 0.1) is 35.5 Å². The molecule has 1 aromatic carbocycles. The van der Waals surface area contributed by atoms with Crippen LogP contribution in [0, 0.1) is 0 Å². The van der Waals surface area contributed by atoms with E-state index in [1.165, 1.54) is 28.0 Å². The summed E-state index contributed by atoms with van der Waals surface area (Å²) in [7, 11) is 0. The second-order valence-electron chi connectivity index (χ2n) is 8.22. The average molecular weight is 541 g/mol. The summed E-state index contributed by atoms with van der Waals surface area (Å²) in [5.74, 6) is -0.564. The van der Waals surface area contributed by atoms with E-state index in [0.717, 1.165) is 41.8 Å². The number of thioether (sulfide) groups is 1. The van der Waals surface area contributed by atoms with Crippen molar-refractivity contribution in [3.63, 3.8) is 0 Å². The minimum Gasteiger partial charge on any atom is -0.466 e. The van der Waals surface area contributed by atoms with Crippen molar-refractivity contribution in [3.05, 3.63) is 62.2 Å². The van der Waals surface area contributed by atoms with Crippen molar-refractivity contribution in [3.8, 4) is 5.69 Å². The van der Waals surface area contributed by atoms with Gasteiger partial charge in [-0.1, -0.05) is 30.0 Å². The van der Waals surface area contributed by atoms with Crippen molar-refractivity contribution in [2.75, 3.05) is 17.7 Å². The number of rotatable bonds is 8. The molecule has 0 saturated heterocycles. The molecular formula is C25H24N4O4S3. The van der Waals surface area contributed by atoms with Gasteiger partial charge in [0.15, 0.2) is 10.3 Å². The van der Waals surface area contributed by atoms with E-state index in [1.807, 2.05) is 30.3 Å². The molecule has 3 heterocycles.